The molecule has 10 heteroatoms. The molecular formula is C30H38N2O8. The molecule has 0 aliphatic heterocycles. The summed E-state index contributed by atoms with van der Waals surface area (Å²) < 4.78 is 0. The lowest BCUT2D eigenvalue weighted by atomic mass is 9.55. The zero-order valence-corrected chi connectivity index (χ0v) is 24.0. The van der Waals surface area contributed by atoms with Gasteiger partial charge in [-0.3, -0.25) is 19.3 Å². The smallest absolute Gasteiger partial charge is 0.255 e. The van der Waals surface area contributed by atoms with Crippen molar-refractivity contribution < 1.29 is 39.9 Å². The Balaban J connectivity index is 2.16. The van der Waals surface area contributed by atoms with E-state index in [-0.39, 0.29) is 11.3 Å². The van der Waals surface area contributed by atoms with Crippen LogP contribution >= 0.6 is 0 Å². The highest BCUT2D eigenvalue weighted by atomic mass is 16.4. The Bertz CT molecular complexity index is 1440. The number of likely N-dealkylation sites (N-methyl/N-ethyl adjacent to an activating group) is 1. The number of ketones is 2. The number of phenols is 1. The summed E-state index contributed by atoms with van der Waals surface area (Å²) >= 11 is 0. The Morgan fingerprint density at radius 1 is 1.05 bits per heavy atom. The zero-order chi connectivity index (χ0) is 30.4. The Morgan fingerprint density at radius 3 is 2.10 bits per heavy atom. The summed E-state index contributed by atoms with van der Waals surface area (Å²) in [6.07, 6.45) is 0.110. The van der Waals surface area contributed by atoms with Crippen LogP contribution in [-0.4, -0.2) is 79.7 Å². The van der Waals surface area contributed by atoms with E-state index >= 15 is 0 Å². The second-order valence-corrected chi connectivity index (χ2v) is 13.3. The molecule has 216 valence electrons. The maximum atomic E-state index is 14.1. The molecule has 0 radical (unpaired) electrons. The van der Waals surface area contributed by atoms with Gasteiger partial charge in [-0.25, -0.2) is 0 Å². The van der Waals surface area contributed by atoms with Crippen LogP contribution in [0.15, 0.2) is 40.9 Å². The first kappa shape index (κ1) is 29.5. The van der Waals surface area contributed by atoms with E-state index in [0.29, 0.717) is 16.7 Å². The number of aromatic hydroxyl groups is 1. The standard InChI is InChI=1S/C30H38N2O8/c1-28(2,3)11-13-12-9-10-14(29(4,5)6)21(33)16(12)22(34)17-15(13)23(35)19-20(32(7)8)24(36)18(27(31)39)26(38)30(19,40)25(17)37/h9-11,15,19-20,23,33,35-37,40H,1-8H3,(H2,31,39)/b13-11+. The van der Waals surface area contributed by atoms with Gasteiger partial charge in [-0.05, 0) is 36.1 Å². The summed E-state index contributed by atoms with van der Waals surface area (Å²) in [5, 5.41) is 57.8. The highest BCUT2D eigenvalue weighted by Crippen LogP contribution is 2.56. The Hall–Kier alpha value is -3.47. The Morgan fingerprint density at radius 2 is 1.62 bits per heavy atom. The van der Waals surface area contributed by atoms with Crippen LogP contribution in [-0.2, 0) is 15.0 Å². The predicted octanol–water partition coefficient (Wildman–Crippen LogP) is 2.28. The number of phenolic OH excluding ortho intramolecular Hbond substituents is 1. The number of rotatable bonds is 2. The van der Waals surface area contributed by atoms with Gasteiger partial charge in [0.05, 0.1) is 29.2 Å². The molecule has 4 rings (SSSR count). The average Bonchev–Trinajstić information content (AvgIpc) is 2.78. The number of Topliss-reactive ketones (excluding diaryl/α,β-unsaturated/α-hetero) is 2. The van der Waals surface area contributed by atoms with Gasteiger partial charge in [0, 0.05) is 11.5 Å². The van der Waals surface area contributed by atoms with Crippen molar-refractivity contribution >= 4 is 23.0 Å². The second-order valence-electron chi connectivity index (χ2n) is 13.3. The Kier molecular flexibility index (Phi) is 6.66. The van der Waals surface area contributed by atoms with Crippen LogP contribution in [0.4, 0.5) is 0 Å². The number of carbonyl (C=O) groups excluding carboxylic acids is 3. The van der Waals surface area contributed by atoms with Gasteiger partial charge in [0.1, 0.15) is 22.8 Å². The molecule has 3 aliphatic rings. The van der Waals surface area contributed by atoms with Crippen molar-refractivity contribution in [2.24, 2.45) is 23.0 Å². The van der Waals surface area contributed by atoms with Crippen LogP contribution in [0.5, 0.6) is 5.75 Å². The highest BCUT2D eigenvalue weighted by Gasteiger charge is 2.67. The fraction of sp³-hybridized carbons (Fsp3) is 0.500. The van der Waals surface area contributed by atoms with Gasteiger partial charge in [0.15, 0.2) is 11.4 Å². The third-order valence-corrected chi connectivity index (χ3v) is 8.06. The minimum Gasteiger partial charge on any atom is -0.510 e. The summed E-state index contributed by atoms with van der Waals surface area (Å²) in [5.74, 6) is -8.56. The van der Waals surface area contributed by atoms with Crippen molar-refractivity contribution in [3.8, 4) is 5.75 Å². The molecule has 1 amide bonds. The molecule has 0 heterocycles. The number of hydrogen-bond acceptors (Lipinski definition) is 9. The second kappa shape index (κ2) is 9.02. The summed E-state index contributed by atoms with van der Waals surface area (Å²) in [6, 6.07) is 2.07. The molecule has 1 aromatic carbocycles. The molecule has 10 nitrogen and oxygen atoms in total. The average molecular weight is 555 g/mol. The van der Waals surface area contributed by atoms with Crippen molar-refractivity contribution in [1.82, 2.24) is 4.90 Å². The third kappa shape index (κ3) is 4.00. The van der Waals surface area contributed by atoms with Crippen LogP contribution in [0.25, 0.3) is 5.57 Å². The van der Waals surface area contributed by atoms with E-state index in [9.17, 15) is 39.9 Å². The monoisotopic (exact) mass is 554 g/mol. The summed E-state index contributed by atoms with van der Waals surface area (Å²) in [4.78, 5) is 41.3. The number of nitrogens with zero attached hydrogens (tertiary/aromatic N) is 1. The van der Waals surface area contributed by atoms with Gasteiger partial charge in [0.25, 0.3) is 5.91 Å². The number of aliphatic hydroxyl groups excluding tert-OH is 3. The van der Waals surface area contributed by atoms with Gasteiger partial charge in [-0.1, -0.05) is 59.8 Å². The van der Waals surface area contributed by atoms with E-state index < -0.39 is 80.6 Å². The Labute approximate surface area is 233 Å². The molecule has 7 N–H and O–H groups in total. The molecule has 5 unspecified atom stereocenters. The minimum absolute atomic E-state index is 0.129. The first-order chi connectivity index (χ1) is 18.2. The van der Waals surface area contributed by atoms with Gasteiger partial charge in [-0.15, -0.1) is 0 Å². The molecular weight excluding hydrogens is 516 g/mol. The first-order valence-electron chi connectivity index (χ1n) is 13.1. The molecule has 0 saturated heterocycles. The number of aliphatic hydroxyl groups is 4. The van der Waals surface area contributed by atoms with Crippen molar-refractivity contribution in [2.45, 2.75) is 64.7 Å². The molecule has 1 aromatic rings. The van der Waals surface area contributed by atoms with Crippen LogP contribution in [0.1, 0.15) is 63.0 Å². The van der Waals surface area contributed by atoms with Crippen molar-refractivity contribution in [2.75, 3.05) is 14.1 Å². The minimum atomic E-state index is -2.96. The molecule has 0 spiro atoms. The molecule has 0 saturated carbocycles. The number of carbonyl (C=O) groups is 3. The van der Waals surface area contributed by atoms with E-state index in [1.807, 2.05) is 41.5 Å². The lowest BCUT2D eigenvalue weighted by Gasteiger charge is -2.53. The van der Waals surface area contributed by atoms with E-state index in [1.54, 1.807) is 18.2 Å². The van der Waals surface area contributed by atoms with Crippen LogP contribution in [0, 0.1) is 17.3 Å². The highest BCUT2D eigenvalue weighted by molar-refractivity contribution is 6.25. The van der Waals surface area contributed by atoms with E-state index in [2.05, 4.69) is 0 Å². The number of benzene rings is 1. The number of nitrogens with two attached hydrogens (primary N) is 1. The fourth-order valence-corrected chi connectivity index (χ4v) is 6.43. The van der Waals surface area contributed by atoms with Crippen LogP contribution in [0.2, 0.25) is 0 Å². The normalized spacial score (nSPS) is 30.0. The lowest BCUT2D eigenvalue weighted by Crippen LogP contribution is -2.68. The SMILES string of the molecule is CN(C)C1C(O)=C(C(N)=O)C(=O)C2(O)C(O)=C3C(=O)c4c(ccc(C(C)(C)C)c4O)/C(=C\C(C)(C)C)C3C(O)C12. The molecule has 0 fully saturated rings. The number of allylic oxidation sites excluding steroid dienone is 1. The third-order valence-electron chi connectivity index (χ3n) is 8.06. The van der Waals surface area contributed by atoms with Gasteiger partial charge < -0.3 is 31.3 Å². The lowest BCUT2D eigenvalue weighted by molar-refractivity contribution is -0.159. The van der Waals surface area contributed by atoms with Crippen LogP contribution in [0.3, 0.4) is 0 Å². The molecule has 40 heavy (non-hydrogen) atoms. The van der Waals surface area contributed by atoms with Gasteiger partial charge in [-0.2, -0.15) is 0 Å². The molecule has 5 atom stereocenters. The quantitative estimate of drug-likeness (QED) is 0.299. The fourth-order valence-electron chi connectivity index (χ4n) is 6.43. The maximum absolute atomic E-state index is 14.1. The number of primary amides is 1. The summed E-state index contributed by atoms with van der Waals surface area (Å²) in [6.45, 7) is 11.3. The van der Waals surface area contributed by atoms with Crippen molar-refractivity contribution in [3.05, 3.63) is 57.6 Å². The molecule has 0 aromatic heterocycles. The van der Waals surface area contributed by atoms with Gasteiger partial charge >= 0.3 is 0 Å². The summed E-state index contributed by atoms with van der Waals surface area (Å²) in [7, 11) is 3.00. The first-order valence-corrected chi connectivity index (χ1v) is 13.1. The topological polar surface area (TPSA) is 182 Å². The number of hydrogen-bond donors (Lipinski definition) is 6. The zero-order valence-electron chi connectivity index (χ0n) is 24.0. The van der Waals surface area contributed by atoms with Crippen molar-refractivity contribution in [3.63, 3.8) is 0 Å². The molecule has 0 bridgehead atoms. The number of fused-ring (bicyclic) bond motifs is 3. The maximum Gasteiger partial charge on any atom is 0.255 e. The molecule has 3 aliphatic carbocycles. The number of amides is 1. The van der Waals surface area contributed by atoms with E-state index in [1.165, 1.54) is 19.0 Å². The largest absolute Gasteiger partial charge is 0.510 e. The van der Waals surface area contributed by atoms with Crippen LogP contribution < -0.4 is 5.73 Å². The van der Waals surface area contributed by atoms with Crippen molar-refractivity contribution in [1.29, 1.82) is 0 Å². The van der Waals surface area contributed by atoms with E-state index in [4.69, 9.17) is 5.73 Å². The van der Waals surface area contributed by atoms with E-state index in [0.717, 1.165) is 0 Å². The van der Waals surface area contributed by atoms with Gasteiger partial charge in [0.2, 0.25) is 5.78 Å². The predicted molar refractivity (Wildman–Crippen MR) is 147 cm³/mol. The summed E-state index contributed by atoms with van der Waals surface area (Å²) in [5.41, 5.74) is 1.04.